The third kappa shape index (κ3) is 4.64. The normalized spacial score (nSPS) is 10.8. The zero-order valence-corrected chi connectivity index (χ0v) is 15.2. The predicted octanol–water partition coefficient (Wildman–Crippen LogP) is 4.01. The van der Waals surface area contributed by atoms with Crippen LogP contribution in [0.25, 0.3) is 0 Å². The minimum atomic E-state index is -0.228. The second-order valence-electron chi connectivity index (χ2n) is 5.73. The van der Waals surface area contributed by atoms with E-state index in [0.29, 0.717) is 23.0 Å². The van der Waals surface area contributed by atoms with Crippen molar-refractivity contribution in [3.63, 3.8) is 0 Å². The lowest BCUT2D eigenvalue weighted by molar-refractivity contribution is 0.219. The number of ether oxygens (including phenoxy) is 1. The highest BCUT2D eigenvalue weighted by Crippen LogP contribution is 2.28. The molecule has 1 aromatic carbocycles. The fraction of sp³-hybridized carbons (Fsp3) is 0.412. The van der Waals surface area contributed by atoms with Crippen LogP contribution in [0.5, 0.6) is 5.75 Å². The predicted molar refractivity (Wildman–Crippen MR) is 95.6 cm³/mol. The first-order valence-electron chi connectivity index (χ1n) is 7.89. The fourth-order valence-corrected chi connectivity index (χ4v) is 2.44. The Balaban J connectivity index is 1.99. The van der Waals surface area contributed by atoms with Crippen LogP contribution >= 0.6 is 11.6 Å². The van der Waals surface area contributed by atoms with E-state index in [1.807, 2.05) is 31.5 Å². The summed E-state index contributed by atoms with van der Waals surface area (Å²) in [7, 11) is 1.72. The maximum Gasteiger partial charge on any atom is 0.321 e. The Kier molecular flexibility index (Phi) is 6.09. The minimum Gasteiger partial charge on any atom is -0.489 e. The van der Waals surface area contributed by atoms with Gasteiger partial charge in [0.05, 0.1) is 17.7 Å². The van der Waals surface area contributed by atoms with Crippen LogP contribution in [-0.2, 0) is 13.1 Å². The van der Waals surface area contributed by atoms with Gasteiger partial charge in [0.2, 0.25) is 0 Å². The Bertz CT molecular complexity index is 700. The zero-order chi connectivity index (χ0) is 17.7. The number of halogens is 1. The number of carbonyl (C=O) groups excluding carboxylic acids is 1. The van der Waals surface area contributed by atoms with Gasteiger partial charge in [0.25, 0.3) is 0 Å². The molecule has 0 fully saturated rings. The van der Waals surface area contributed by atoms with E-state index >= 15 is 0 Å². The van der Waals surface area contributed by atoms with E-state index in [4.69, 9.17) is 16.3 Å². The molecule has 0 aliphatic carbocycles. The van der Waals surface area contributed by atoms with Gasteiger partial charge in [-0.2, -0.15) is 0 Å². The molecule has 2 amide bonds. The first kappa shape index (κ1) is 18.1. The highest BCUT2D eigenvalue weighted by molar-refractivity contribution is 6.32. The van der Waals surface area contributed by atoms with E-state index in [1.54, 1.807) is 36.3 Å². The largest absolute Gasteiger partial charge is 0.489 e. The first-order chi connectivity index (χ1) is 11.4. The summed E-state index contributed by atoms with van der Waals surface area (Å²) in [5.74, 6) is 1.44. The van der Waals surface area contributed by atoms with Crippen LogP contribution in [-0.4, -0.2) is 33.6 Å². The zero-order valence-electron chi connectivity index (χ0n) is 14.4. The van der Waals surface area contributed by atoms with Crippen molar-refractivity contribution in [2.75, 3.05) is 12.4 Å². The molecule has 0 saturated heterocycles. The van der Waals surface area contributed by atoms with Gasteiger partial charge in [0.1, 0.15) is 11.6 Å². The number of rotatable bonds is 6. The number of amides is 2. The molecule has 0 saturated carbocycles. The summed E-state index contributed by atoms with van der Waals surface area (Å²) >= 11 is 6.19. The van der Waals surface area contributed by atoms with E-state index in [9.17, 15) is 4.79 Å². The van der Waals surface area contributed by atoms with Gasteiger partial charge in [-0.05, 0) is 39.0 Å². The molecule has 0 bridgehead atoms. The number of nitrogens with zero attached hydrogens (tertiary/aromatic N) is 3. The molecule has 7 heteroatoms. The van der Waals surface area contributed by atoms with Gasteiger partial charge in [-0.15, -0.1) is 0 Å². The van der Waals surface area contributed by atoms with Crippen LogP contribution in [0.3, 0.4) is 0 Å². The molecular weight excluding hydrogens is 328 g/mol. The average Bonchev–Trinajstić information content (AvgIpc) is 2.96. The second kappa shape index (κ2) is 8.06. The van der Waals surface area contributed by atoms with Crippen LogP contribution in [0, 0.1) is 0 Å². The molecule has 2 rings (SSSR count). The van der Waals surface area contributed by atoms with E-state index in [2.05, 4.69) is 10.3 Å². The number of carbonyl (C=O) groups is 1. The Morgan fingerprint density at radius 1 is 1.46 bits per heavy atom. The Hall–Kier alpha value is -2.21. The first-order valence-corrected chi connectivity index (χ1v) is 8.26. The van der Waals surface area contributed by atoms with Crippen molar-refractivity contribution in [2.45, 2.75) is 40.0 Å². The van der Waals surface area contributed by atoms with Crippen molar-refractivity contribution >= 4 is 23.3 Å². The molecule has 1 heterocycles. The lowest BCUT2D eigenvalue weighted by atomic mass is 10.3. The van der Waals surface area contributed by atoms with E-state index in [-0.39, 0.29) is 12.1 Å². The fourth-order valence-electron chi connectivity index (χ4n) is 2.21. The molecule has 2 aromatic rings. The quantitative estimate of drug-likeness (QED) is 0.856. The van der Waals surface area contributed by atoms with Gasteiger partial charge in [-0.3, -0.25) is 0 Å². The summed E-state index contributed by atoms with van der Waals surface area (Å²) < 4.78 is 7.58. The van der Waals surface area contributed by atoms with Crippen LogP contribution in [0.1, 0.15) is 26.6 Å². The van der Waals surface area contributed by atoms with Gasteiger partial charge in [0.15, 0.2) is 0 Å². The molecule has 0 unspecified atom stereocenters. The summed E-state index contributed by atoms with van der Waals surface area (Å²) in [5, 5.41) is 3.29. The van der Waals surface area contributed by atoms with Gasteiger partial charge in [0, 0.05) is 31.7 Å². The van der Waals surface area contributed by atoms with Crippen molar-refractivity contribution < 1.29 is 9.53 Å². The van der Waals surface area contributed by atoms with Crippen LogP contribution in [0.4, 0.5) is 10.5 Å². The lowest BCUT2D eigenvalue weighted by Crippen LogP contribution is -2.31. The summed E-state index contributed by atoms with van der Waals surface area (Å²) in [6.45, 7) is 7.14. The number of aryl methyl sites for hydroxylation is 1. The minimum absolute atomic E-state index is 0.0383. The van der Waals surface area contributed by atoms with E-state index in [0.717, 1.165) is 12.4 Å². The molecule has 0 aliphatic heterocycles. The SMILES string of the molecule is CCn1ccnc1CN(C)C(=O)Nc1ccc(OC(C)C)c(Cl)c1. The molecular formula is C17H23ClN4O2. The summed E-state index contributed by atoms with van der Waals surface area (Å²) in [6, 6.07) is 4.97. The van der Waals surface area contributed by atoms with Crippen LogP contribution < -0.4 is 10.1 Å². The summed E-state index contributed by atoms with van der Waals surface area (Å²) in [4.78, 5) is 18.2. The number of urea groups is 1. The molecule has 1 N–H and O–H groups in total. The number of imidazole rings is 1. The van der Waals surface area contributed by atoms with Gasteiger partial charge in [-0.25, -0.2) is 9.78 Å². The van der Waals surface area contributed by atoms with Gasteiger partial charge < -0.3 is 19.5 Å². The smallest absolute Gasteiger partial charge is 0.321 e. The molecule has 0 spiro atoms. The highest BCUT2D eigenvalue weighted by Gasteiger charge is 2.13. The van der Waals surface area contributed by atoms with Crippen molar-refractivity contribution in [2.24, 2.45) is 0 Å². The third-order valence-electron chi connectivity index (χ3n) is 3.41. The number of anilines is 1. The number of hydrogen-bond acceptors (Lipinski definition) is 3. The molecule has 0 radical (unpaired) electrons. The third-order valence-corrected chi connectivity index (χ3v) is 3.71. The lowest BCUT2D eigenvalue weighted by Gasteiger charge is -2.19. The molecule has 130 valence electrons. The maximum absolute atomic E-state index is 12.3. The summed E-state index contributed by atoms with van der Waals surface area (Å²) in [5.41, 5.74) is 0.617. The molecule has 0 aliphatic rings. The van der Waals surface area contributed by atoms with E-state index < -0.39 is 0 Å². The number of nitrogens with one attached hydrogen (secondary N) is 1. The van der Waals surface area contributed by atoms with Crippen molar-refractivity contribution in [3.8, 4) is 5.75 Å². The second-order valence-corrected chi connectivity index (χ2v) is 6.13. The molecule has 6 nitrogen and oxygen atoms in total. The molecule has 24 heavy (non-hydrogen) atoms. The van der Waals surface area contributed by atoms with E-state index in [1.165, 1.54) is 0 Å². The topological polar surface area (TPSA) is 59.4 Å². The van der Waals surface area contributed by atoms with Crippen LogP contribution in [0.15, 0.2) is 30.6 Å². The van der Waals surface area contributed by atoms with Gasteiger partial charge >= 0.3 is 6.03 Å². The Morgan fingerprint density at radius 3 is 2.83 bits per heavy atom. The maximum atomic E-state index is 12.3. The van der Waals surface area contributed by atoms with Crippen molar-refractivity contribution in [3.05, 3.63) is 41.4 Å². The van der Waals surface area contributed by atoms with Crippen molar-refractivity contribution in [1.29, 1.82) is 0 Å². The number of hydrogen-bond donors (Lipinski definition) is 1. The highest BCUT2D eigenvalue weighted by atomic mass is 35.5. The monoisotopic (exact) mass is 350 g/mol. The molecule has 1 aromatic heterocycles. The van der Waals surface area contributed by atoms with Crippen LogP contribution in [0.2, 0.25) is 5.02 Å². The number of aromatic nitrogens is 2. The Morgan fingerprint density at radius 2 is 2.21 bits per heavy atom. The Labute approximate surface area is 147 Å². The average molecular weight is 351 g/mol. The van der Waals surface area contributed by atoms with Gasteiger partial charge in [-0.1, -0.05) is 11.6 Å². The standard InChI is InChI=1S/C17H23ClN4O2/c1-5-22-9-8-19-16(22)11-21(4)17(23)20-13-6-7-15(14(18)10-13)24-12(2)3/h6-10,12H,5,11H2,1-4H3,(H,20,23). The summed E-state index contributed by atoms with van der Waals surface area (Å²) in [6.07, 6.45) is 3.67. The molecule has 0 atom stereocenters. The van der Waals surface area contributed by atoms with Crippen molar-refractivity contribution in [1.82, 2.24) is 14.5 Å². The number of benzene rings is 1.